The van der Waals surface area contributed by atoms with E-state index in [-0.39, 0.29) is 28.7 Å². The van der Waals surface area contributed by atoms with Gasteiger partial charge in [0.25, 0.3) is 0 Å². The first-order valence-corrected chi connectivity index (χ1v) is 9.82. The minimum atomic E-state index is -0.547. The summed E-state index contributed by atoms with van der Waals surface area (Å²) >= 11 is 7.05. The molecular formula is C16H25N3O3S2. The Morgan fingerprint density at radius 1 is 1.21 bits per heavy atom. The van der Waals surface area contributed by atoms with Crippen LogP contribution in [0.25, 0.3) is 0 Å². The molecule has 0 unspecified atom stereocenters. The predicted octanol–water partition coefficient (Wildman–Crippen LogP) is 3.13. The van der Waals surface area contributed by atoms with Crippen LogP contribution in [0.2, 0.25) is 0 Å². The van der Waals surface area contributed by atoms with E-state index in [2.05, 4.69) is 0 Å². The number of aromatic nitrogens is 2. The van der Waals surface area contributed by atoms with Crippen molar-refractivity contribution in [2.24, 2.45) is 0 Å². The summed E-state index contributed by atoms with van der Waals surface area (Å²) in [5, 5.41) is 0. The van der Waals surface area contributed by atoms with E-state index in [1.54, 1.807) is 11.8 Å². The third-order valence-electron chi connectivity index (χ3n) is 4.93. The molecule has 24 heavy (non-hydrogen) atoms. The predicted molar refractivity (Wildman–Crippen MR) is 99.6 cm³/mol. The van der Waals surface area contributed by atoms with E-state index in [9.17, 15) is 9.59 Å². The highest BCUT2D eigenvalue weighted by molar-refractivity contribution is 8.24. The van der Waals surface area contributed by atoms with Gasteiger partial charge >= 0.3 is 11.4 Å². The van der Waals surface area contributed by atoms with Crippen LogP contribution in [0.5, 0.6) is 0 Å². The minimum Gasteiger partial charge on any atom is -0.330 e. The Balaban J connectivity index is 2.07. The van der Waals surface area contributed by atoms with Crippen LogP contribution in [0.1, 0.15) is 72.0 Å². The van der Waals surface area contributed by atoms with Gasteiger partial charge in [-0.15, -0.1) is 4.74 Å². The normalized spacial score (nSPS) is 25.0. The fourth-order valence-corrected chi connectivity index (χ4v) is 5.94. The fraction of sp³-hybridized carbons (Fsp3) is 0.812. The summed E-state index contributed by atoms with van der Waals surface area (Å²) in [7, 11) is 0. The van der Waals surface area contributed by atoms with Gasteiger partial charge in [0, 0.05) is 12.1 Å². The summed E-state index contributed by atoms with van der Waals surface area (Å²) in [6, 6.07) is 0.0763. The second-order valence-electron chi connectivity index (χ2n) is 7.47. The molecule has 1 aromatic rings. The molecule has 6 nitrogen and oxygen atoms in total. The van der Waals surface area contributed by atoms with Crippen LogP contribution in [0.15, 0.2) is 14.1 Å². The van der Waals surface area contributed by atoms with Crippen LogP contribution in [0, 0.1) is 0 Å². The Kier molecular flexibility index (Phi) is 4.72. The molecule has 3 rings (SSSR count). The lowest BCUT2D eigenvalue weighted by atomic mass is 9.95. The van der Waals surface area contributed by atoms with E-state index >= 15 is 0 Å². The van der Waals surface area contributed by atoms with Crippen LogP contribution in [0.3, 0.4) is 0 Å². The third-order valence-corrected chi connectivity index (χ3v) is 6.52. The number of thiocarbonyl (C=S) groups is 1. The number of hydrogen-bond donors (Lipinski definition) is 0. The Morgan fingerprint density at radius 2 is 1.83 bits per heavy atom. The van der Waals surface area contributed by atoms with Crippen molar-refractivity contribution in [2.45, 2.75) is 82.8 Å². The van der Waals surface area contributed by atoms with E-state index in [4.69, 9.17) is 16.7 Å². The Labute approximate surface area is 151 Å². The van der Waals surface area contributed by atoms with Crippen molar-refractivity contribution < 1.29 is 4.52 Å². The highest BCUT2D eigenvalue weighted by Gasteiger charge is 2.49. The lowest BCUT2D eigenvalue weighted by Gasteiger charge is -2.33. The molecule has 1 saturated heterocycles. The van der Waals surface area contributed by atoms with Crippen molar-refractivity contribution in [1.29, 1.82) is 0 Å². The maximum Gasteiger partial charge on any atom is 0.443 e. The van der Waals surface area contributed by atoms with Crippen molar-refractivity contribution in [1.82, 2.24) is 14.2 Å². The summed E-state index contributed by atoms with van der Waals surface area (Å²) in [6.45, 7) is 8.12. The smallest absolute Gasteiger partial charge is 0.330 e. The van der Waals surface area contributed by atoms with E-state index in [1.165, 1.54) is 15.7 Å². The average Bonchev–Trinajstić information content (AvgIpc) is 2.91. The zero-order chi connectivity index (χ0) is 17.6. The number of thioether (sulfide) groups is 1. The molecule has 1 aliphatic heterocycles. The van der Waals surface area contributed by atoms with Gasteiger partial charge in [-0.1, -0.05) is 43.2 Å². The summed E-state index contributed by atoms with van der Waals surface area (Å²) in [5.41, 5.74) is -0.346. The Hall–Kier alpha value is -1.02. The van der Waals surface area contributed by atoms with Gasteiger partial charge in [-0.3, -0.25) is 0 Å². The van der Waals surface area contributed by atoms with Gasteiger partial charge in [0.05, 0.1) is 4.75 Å². The molecule has 1 atom stereocenters. The first-order valence-electron chi connectivity index (χ1n) is 8.59. The van der Waals surface area contributed by atoms with E-state index < -0.39 is 5.76 Å². The van der Waals surface area contributed by atoms with Gasteiger partial charge < -0.3 is 9.42 Å². The van der Waals surface area contributed by atoms with E-state index in [0.717, 1.165) is 30.0 Å². The molecule has 0 amide bonds. The number of rotatable bonds is 3. The molecule has 2 heterocycles. The van der Waals surface area contributed by atoms with E-state index in [1.807, 2.05) is 32.6 Å². The number of hydrogen-bond acceptors (Lipinski definition) is 5. The van der Waals surface area contributed by atoms with Crippen molar-refractivity contribution in [3.63, 3.8) is 0 Å². The summed E-state index contributed by atoms with van der Waals surface area (Å²) in [5.74, 6) is -0.547. The second kappa shape index (κ2) is 6.37. The highest BCUT2D eigenvalue weighted by atomic mass is 32.2. The first kappa shape index (κ1) is 17.8. The summed E-state index contributed by atoms with van der Waals surface area (Å²) in [4.78, 5) is 27.4. The maximum atomic E-state index is 13.0. The number of nitrogens with zero attached hydrogens (tertiary/aromatic N) is 3. The molecule has 2 fully saturated rings. The topological polar surface area (TPSA) is 60.4 Å². The van der Waals surface area contributed by atoms with Gasteiger partial charge in [-0.05, 0) is 40.5 Å². The van der Waals surface area contributed by atoms with Crippen molar-refractivity contribution in [2.75, 3.05) is 0 Å². The monoisotopic (exact) mass is 371 g/mol. The van der Waals surface area contributed by atoms with Gasteiger partial charge in [0.2, 0.25) is 0 Å². The standard InChI is InChI=1S/C16H25N3O3S2/c1-10(2)17-12(16(3,4)24-15(17)23)19-13(20)18(14(21)22-19)11-8-6-5-7-9-11/h10-12H,5-9H2,1-4H3/t12-/m1/s1. The van der Waals surface area contributed by atoms with E-state index in [0.29, 0.717) is 0 Å². The molecule has 1 aromatic heterocycles. The minimum absolute atomic E-state index is 0.0413. The van der Waals surface area contributed by atoms with Crippen molar-refractivity contribution in [3.05, 3.63) is 21.0 Å². The van der Waals surface area contributed by atoms with Gasteiger partial charge in [0.15, 0.2) is 6.17 Å². The molecular weight excluding hydrogens is 346 g/mol. The molecule has 1 aliphatic carbocycles. The maximum absolute atomic E-state index is 13.0. The van der Waals surface area contributed by atoms with Crippen LogP contribution in [-0.4, -0.2) is 29.3 Å². The molecule has 0 spiro atoms. The molecule has 8 heteroatoms. The molecule has 2 aliphatic rings. The van der Waals surface area contributed by atoms with Crippen molar-refractivity contribution in [3.8, 4) is 0 Å². The molecule has 1 saturated carbocycles. The summed E-state index contributed by atoms with van der Waals surface area (Å²) < 4.78 is 8.41. The Morgan fingerprint density at radius 3 is 2.42 bits per heavy atom. The summed E-state index contributed by atoms with van der Waals surface area (Å²) in [6.07, 6.45) is 4.61. The molecule has 0 aromatic carbocycles. The Bertz CT molecular complexity index is 740. The second-order valence-corrected chi connectivity index (χ2v) is 9.76. The van der Waals surface area contributed by atoms with Crippen LogP contribution in [0.4, 0.5) is 0 Å². The van der Waals surface area contributed by atoms with Crippen molar-refractivity contribution >= 4 is 28.3 Å². The largest absolute Gasteiger partial charge is 0.443 e. The lowest BCUT2D eigenvalue weighted by Crippen LogP contribution is -2.45. The third kappa shape index (κ3) is 2.87. The molecule has 0 N–H and O–H groups in total. The van der Waals surface area contributed by atoms with Gasteiger partial charge in [-0.2, -0.15) is 0 Å². The zero-order valence-corrected chi connectivity index (χ0v) is 16.3. The van der Waals surface area contributed by atoms with Crippen LogP contribution in [-0.2, 0) is 0 Å². The lowest BCUT2D eigenvalue weighted by molar-refractivity contribution is 0.0744. The SMILES string of the molecule is CC(C)N1C(=S)SC(C)(C)[C@H]1n1oc(=O)n(C2CCCCC2)c1=O. The molecule has 0 radical (unpaired) electrons. The molecule has 0 bridgehead atoms. The van der Waals surface area contributed by atoms with Crippen LogP contribution >= 0.6 is 24.0 Å². The zero-order valence-electron chi connectivity index (χ0n) is 14.7. The first-order chi connectivity index (χ1) is 11.2. The average molecular weight is 372 g/mol. The van der Waals surface area contributed by atoms with Crippen LogP contribution < -0.4 is 11.4 Å². The van der Waals surface area contributed by atoms with Gasteiger partial charge in [0.1, 0.15) is 4.32 Å². The van der Waals surface area contributed by atoms with Gasteiger partial charge in [-0.25, -0.2) is 14.2 Å². The molecule has 134 valence electrons. The highest BCUT2D eigenvalue weighted by Crippen LogP contribution is 2.47. The quantitative estimate of drug-likeness (QED) is 0.761. The fourth-order valence-electron chi connectivity index (χ4n) is 3.80.